The molecule has 162 valence electrons. The Hall–Kier alpha value is -3.12. The van der Waals surface area contributed by atoms with Crippen molar-refractivity contribution in [1.82, 2.24) is 0 Å². The molecule has 0 aromatic heterocycles. The van der Waals surface area contributed by atoms with E-state index in [4.69, 9.17) is 0 Å². The Morgan fingerprint density at radius 2 is 1.52 bits per heavy atom. The normalized spacial score (nSPS) is 11.3. The molecule has 6 heteroatoms. The lowest BCUT2D eigenvalue weighted by molar-refractivity contribution is 0.0988. The van der Waals surface area contributed by atoms with Gasteiger partial charge in [0.1, 0.15) is 0 Å². The molecule has 3 aromatic carbocycles. The van der Waals surface area contributed by atoms with Crippen molar-refractivity contribution >= 4 is 27.3 Å². The van der Waals surface area contributed by atoms with Crippen LogP contribution in [0.15, 0.2) is 71.6 Å². The third kappa shape index (κ3) is 4.64. The van der Waals surface area contributed by atoms with Gasteiger partial charge in [0.2, 0.25) is 0 Å². The zero-order valence-electron chi connectivity index (χ0n) is 18.6. The minimum atomic E-state index is -3.81. The maximum atomic E-state index is 13.3. The first-order valence-corrected chi connectivity index (χ1v) is 11.6. The summed E-state index contributed by atoms with van der Waals surface area (Å²) in [5, 5.41) is 0. The number of nitrogens with zero attached hydrogens (tertiary/aromatic N) is 2. The second-order valence-corrected chi connectivity index (χ2v) is 9.64. The minimum absolute atomic E-state index is 0.0816. The van der Waals surface area contributed by atoms with Crippen LogP contribution in [0.3, 0.4) is 0 Å². The quantitative estimate of drug-likeness (QED) is 0.540. The van der Waals surface area contributed by atoms with Crippen LogP contribution in [0.4, 0.5) is 11.4 Å². The lowest BCUT2D eigenvalue weighted by Gasteiger charge is -2.24. The highest BCUT2D eigenvalue weighted by Gasteiger charge is 2.24. The lowest BCUT2D eigenvalue weighted by atomic mass is 10.1. The fourth-order valence-corrected chi connectivity index (χ4v) is 4.77. The Kier molecular flexibility index (Phi) is 6.51. The van der Waals surface area contributed by atoms with Gasteiger partial charge in [0.15, 0.2) is 0 Å². The van der Waals surface area contributed by atoms with Crippen molar-refractivity contribution in [3.8, 4) is 0 Å². The molecule has 0 unspecified atom stereocenters. The number of benzene rings is 3. The molecule has 0 saturated carbocycles. The average Bonchev–Trinajstić information content (AvgIpc) is 2.75. The topological polar surface area (TPSA) is 57.7 Å². The molecular weight excluding hydrogens is 408 g/mol. The van der Waals surface area contributed by atoms with Gasteiger partial charge in [0.25, 0.3) is 15.9 Å². The Labute approximate surface area is 185 Å². The summed E-state index contributed by atoms with van der Waals surface area (Å²) in [7, 11) is -2.29. The molecule has 31 heavy (non-hydrogen) atoms. The monoisotopic (exact) mass is 436 g/mol. The average molecular weight is 437 g/mol. The molecular formula is C25H28N2O3S. The van der Waals surface area contributed by atoms with Gasteiger partial charge < -0.3 is 4.90 Å². The van der Waals surface area contributed by atoms with Crippen molar-refractivity contribution in [2.45, 2.75) is 32.6 Å². The number of anilines is 2. The van der Waals surface area contributed by atoms with E-state index in [1.54, 1.807) is 29.2 Å². The van der Waals surface area contributed by atoms with Gasteiger partial charge in [0.05, 0.1) is 10.6 Å². The molecule has 5 nitrogen and oxygen atoms in total. The zero-order chi connectivity index (χ0) is 22.8. The zero-order valence-corrected chi connectivity index (χ0v) is 19.4. The number of hydrogen-bond donors (Lipinski definition) is 0. The SMILES string of the molecule is CCN(C(=O)c1cccc(S(=O)(=O)N(C)c2ccc(C)cc2)c1)c1ccc(C)cc1C. The number of amides is 1. The van der Waals surface area contributed by atoms with E-state index in [1.807, 2.05) is 58.0 Å². The molecule has 0 aliphatic heterocycles. The van der Waals surface area contributed by atoms with Crippen LogP contribution in [0.2, 0.25) is 0 Å². The van der Waals surface area contributed by atoms with Crippen molar-refractivity contribution in [2.75, 3.05) is 22.8 Å². The second kappa shape index (κ2) is 8.94. The first-order chi connectivity index (χ1) is 14.6. The van der Waals surface area contributed by atoms with Crippen molar-refractivity contribution in [1.29, 1.82) is 0 Å². The molecule has 0 radical (unpaired) electrons. The molecule has 0 saturated heterocycles. The highest BCUT2D eigenvalue weighted by molar-refractivity contribution is 7.92. The fourth-order valence-electron chi connectivity index (χ4n) is 3.53. The molecule has 0 aliphatic carbocycles. The number of hydrogen-bond acceptors (Lipinski definition) is 3. The summed E-state index contributed by atoms with van der Waals surface area (Å²) in [5.41, 5.74) is 4.89. The van der Waals surface area contributed by atoms with Crippen molar-refractivity contribution in [3.63, 3.8) is 0 Å². The van der Waals surface area contributed by atoms with Crippen LogP contribution < -0.4 is 9.21 Å². The van der Waals surface area contributed by atoms with Gasteiger partial charge in [-0.3, -0.25) is 9.10 Å². The molecule has 1 amide bonds. The molecule has 0 spiro atoms. The molecule has 0 atom stereocenters. The van der Waals surface area contributed by atoms with E-state index in [-0.39, 0.29) is 10.8 Å². The van der Waals surface area contributed by atoms with Crippen LogP contribution in [-0.2, 0) is 10.0 Å². The van der Waals surface area contributed by atoms with Crippen molar-refractivity contribution in [2.24, 2.45) is 0 Å². The van der Waals surface area contributed by atoms with Crippen LogP contribution >= 0.6 is 0 Å². The molecule has 0 N–H and O–H groups in total. The smallest absolute Gasteiger partial charge is 0.264 e. The van der Waals surface area contributed by atoms with Crippen LogP contribution in [0, 0.1) is 20.8 Å². The van der Waals surface area contributed by atoms with Crippen LogP contribution in [0.25, 0.3) is 0 Å². The molecule has 0 aliphatic rings. The van der Waals surface area contributed by atoms with E-state index in [9.17, 15) is 13.2 Å². The Balaban J connectivity index is 1.96. The van der Waals surface area contributed by atoms with Crippen LogP contribution in [0.5, 0.6) is 0 Å². The largest absolute Gasteiger partial charge is 0.308 e. The number of carbonyl (C=O) groups is 1. The van der Waals surface area contributed by atoms with Crippen molar-refractivity contribution < 1.29 is 13.2 Å². The Morgan fingerprint density at radius 3 is 2.13 bits per heavy atom. The first kappa shape index (κ1) is 22.6. The highest BCUT2D eigenvalue weighted by atomic mass is 32.2. The third-order valence-electron chi connectivity index (χ3n) is 5.34. The second-order valence-electron chi connectivity index (χ2n) is 7.68. The van der Waals surface area contributed by atoms with Crippen LogP contribution in [0.1, 0.15) is 34.0 Å². The predicted octanol–water partition coefficient (Wildman–Crippen LogP) is 5.10. The van der Waals surface area contributed by atoms with Gasteiger partial charge in [-0.05, 0) is 69.7 Å². The Morgan fingerprint density at radius 1 is 0.871 bits per heavy atom. The molecule has 0 bridgehead atoms. The van der Waals surface area contributed by atoms with Crippen LogP contribution in [-0.4, -0.2) is 27.9 Å². The van der Waals surface area contributed by atoms with Gasteiger partial charge in [-0.15, -0.1) is 0 Å². The number of aryl methyl sites for hydroxylation is 3. The van der Waals surface area contributed by atoms with E-state index in [2.05, 4.69) is 0 Å². The predicted molar refractivity (Wildman–Crippen MR) is 126 cm³/mol. The maximum Gasteiger partial charge on any atom is 0.264 e. The summed E-state index contributed by atoms with van der Waals surface area (Å²) in [5.74, 6) is -0.232. The highest BCUT2D eigenvalue weighted by Crippen LogP contribution is 2.26. The van der Waals surface area contributed by atoms with Gasteiger partial charge >= 0.3 is 0 Å². The van der Waals surface area contributed by atoms with Gasteiger partial charge in [-0.2, -0.15) is 0 Å². The summed E-state index contributed by atoms with van der Waals surface area (Å²) in [6, 6.07) is 19.4. The number of sulfonamides is 1. The summed E-state index contributed by atoms with van der Waals surface area (Å²) in [4.78, 5) is 15.0. The van der Waals surface area contributed by atoms with Gasteiger partial charge in [-0.1, -0.05) is 41.5 Å². The van der Waals surface area contributed by atoms with E-state index in [1.165, 1.54) is 23.5 Å². The molecule has 0 heterocycles. The number of rotatable bonds is 6. The lowest BCUT2D eigenvalue weighted by Crippen LogP contribution is -2.32. The molecule has 3 aromatic rings. The summed E-state index contributed by atoms with van der Waals surface area (Å²) in [6.07, 6.45) is 0. The van der Waals surface area contributed by atoms with E-state index in [0.717, 1.165) is 22.4 Å². The van der Waals surface area contributed by atoms with E-state index >= 15 is 0 Å². The standard InChI is InChI=1S/C25H28N2O3S/c1-6-27(24-15-12-19(3)16-20(24)4)25(28)21-8-7-9-23(17-21)31(29,30)26(5)22-13-10-18(2)11-14-22/h7-17H,6H2,1-5H3. The fraction of sp³-hybridized carbons (Fsp3) is 0.240. The van der Waals surface area contributed by atoms with E-state index in [0.29, 0.717) is 17.8 Å². The molecule has 0 fully saturated rings. The summed E-state index contributed by atoms with van der Waals surface area (Å²) >= 11 is 0. The maximum absolute atomic E-state index is 13.3. The van der Waals surface area contributed by atoms with E-state index < -0.39 is 10.0 Å². The number of carbonyl (C=O) groups excluding carboxylic acids is 1. The first-order valence-electron chi connectivity index (χ1n) is 10.2. The van der Waals surface area contributed by atoms with Gasteiger partial charge in [-0.25, -0.2) is 8.42 Å². The third-order valence-corrected chi connectivity index (χ3v) is 7.12. The minimum Gasteiger partial charge on any atom is -0.308 e. The Bertz CT molecular complexity index is 1200. The summed E-state index contributed by atoms with van der Waals surface area (Å²) in [6.45, 7) is 8.30. The van der Waals surface area contributed by atoms with Gasteiger partial charge in [0, 0.05) is 24.8 Å². The van der Waals surface area contributed by atoms with Crippen molar-refractivity contribution in [3.05, 3.63) is 89.0 Å². The summed E-state index contributed by atoms with van der Waals surface area (Å²) < 4.78 is 27.6. The molecule has 3 rings (SSSR count).